The number of nitrogens with one attached hydrogen (secondary N) is 1. The third-order valence-electron chi connectivity index (χ3n) is 4.48. The third kappa shape index (κ3) is 3.76. The molecule has 7 heteroatoms. The molecule has 2 N–H and O–H groups in total. The Morgan fingerprint density at radius 2 is 2.00 bits per heavy atom. The van der Waals surface area contributed by atoms with Crippen molar-refractivity contribution < 1.29 is 9.90 Å². The number of hydrogen-bond acceptors (Lipinski definition) is 5. The standard InChI is InChI=1S/C15H26N4O2S/c1-5-15(10-20)6-8-19(9-7-15)13(21)16-12-18-17-11(22-12)14(2,3)4/h20H,5-10H2,1-4H3,(H,16,18,21). The highest BCUT2D eigenvalue weighted by Crippen LogP contribution is 2.34. The Morgan fingerprint density at radius 1 is 1.36 bits per heavy atom. The largest absolute Gasteiger partial charge is 0.396 e. The quantitative estimate of drug-likeness (QED) is 0.895. The van der Waals surface area contributed by atoms with Crippen molar-refractivity contribution in [3.8, 4) is 0 Å². The lowest BCUT2D eigenvalue weighted by Crippen LogP contribution is -2.46. The van der Waals surface area contributed by atoms with Crippen molar-refractivity contribution in [2.24, 2.45) is 5.41 Å². The van der Waals surface area contributed by atoms with Gasteiger partial charge in [-0.2, -0.15) is 0 Å². The normalized spacial score (nSPS) is 18.3. The number of likely N-dealkylation sites (tertiary alicyclic amines) is 1. The average Bonchev–Trinajstić information content (AvgIpc) is 2.96. The topological polar surface area (TPSA) is 78.4 Å². The zero-order chi connectivity index (χ0) is 16.4. The Morgan fingerprint density at radius 3 is 2.45 bits per heavy atom. The van der Waals surface area contributed by atoms with Gasteiger partial charge in [0.25, 0.3) is 0 Å². The first kappa shape index (κ1) is 17.1. The number of aliphatic hydroxyl groups excluding tert-OH is 1. The zero-order valence-corrected chi connectivity index (χ0v) is 14.7. The maximum Gasteiger partial charge on any atom is 0.323 e. The van der Waals surface area contributed by atoms with Crippen LogP contribution in [0.5, 0.6) is 0 Å². The van der Waals surface area contributed by atoms with Crippen LogP contribution in [-0.4, -0.2) is 45.9 Å². The van der Waals surface area contributed by atoms with E-state index in [9.17, 15) is 9.90 Å². The van der Waals surface area contributed by atoms with Crippen LogP contribution in [0.1, 0.15) is 52.0 Å². The van der Waals surface area contributed by atoms with E-state index in [0.29, 0.717) is 18.2 Å². The molecule has 0 saturated carbocycles. The van der Waals surface area contributed by atoms with Gasteiger partial charge in [0.1, 0.15) is 5.01 Å². The lowest BCUT2D eigenvalue weighted by atomic mass is 9.77. The van der Waals surface area contributed by atoms with E-state index in [1.165, 1.54) is 11.3 Å². The van der Waals surface area contributed by atoms with Crippen LogP contribution in [0.3, 0.4) is 0 Å². The number of anilines is 1. The molecular weight excluding hydrogens is 300 g/mol. The summed E-state index contributed by atoms with van der Waals surface area (Å²) in [5.41, 5.74) is -0.0768. The van der Waals surface area contributed by atoms with E-state index in [0.717, 1.165) is 24.3 Å². The summed E-state index contributed by atoms with van der Waals surface area (Å²) in [6, 6.07) is -0.126. The number of urea groups is 1. The molecule has 2 rings (SSSR count). The van der Waals surface area contributed by atoms with Crippen LogP contribution in [0.2, 0.25) is 0 Å². The van der Waals surface area contributed by atoms with Gasteiger partial charge in [0.05, 0.1) is 0 Å². The van der Waals surface area contributed by atoms with E-state index in [4.69, 9.17) is 0 Å². The van der Waals surface area contributed by atoms with Gasteiger partial charge in [0.15, 0.2) is 0 Å². The summed E-state index contributed by atoms with van der Waals surface area (Å²) < 4.78 is 0. The summed E-state index contributed by atoms with van der Waals surface area (Å²) >= 11 is 1.42. The minimum Gasteiger partial charge on any atom is -0.396 e. The van der Waals surface area contributed by atoms with Gasteiger partial charge in [-0.15, -0.1) is 10.2 Å². The molecule has 0 aromatic carbocycles. The van der Waals surface area contributed by atoms with Gasteiger partial charge >= 0.3 is 6.03 Å². The van der Waals surface area contributed by atoms with Crippen molar-refractivity contribution in [3.05, 3.63) is 5.01 Å². The second-order valence-electron chi connectivity index (χ2n) is 7.09. The second-order valence-corrected chi connectivity index (χ2v) is 8.07. The number of rotatable bonds is 3. The molecule has 22 heavy (non-hydrogen) atoms. The lowest BCUT2D eigenvalue weighted by molar-refractivity contribution is 0.0542. The number of aliphatic hydroxyl groups is 1. The van der Waals surface area contributed by atoms with E-state index >= 15 is 0 Å². The van der Waals surface area contributed by atoms with Gasteiger partial charge in [-0.25, -0.2) is 4.79 Å². The summed E-state index contributed by atoms with van der Waals surface area (Å²) in [5.74, 6) is 0. The minimum atomic E-state index is -0.126. The van der Waals surface area contributed by atoms with Crippen molar-refractivity contribution in [2.75, 3.05) is 25.0 Å². The van der Waals surface area contributed by atoms with E-state index in [1.54, 1.807) is 4.90 Å². The maximum absolute atomic E-state index is 12.3. The molecule has 6 nitrogen and oxygen atoms in total. The van der Waals surface area contributed by atoms with E-state index in [1.807, 2.05) is 0 Å². The minimum absolute atomic E-state index is 0.0150. The van der Waals surface area contributed by atoms with Crippen LogP contribution in [0, 0.1) is 5.41 Å². The van der Waals surface area contributed by atoms with Crippen LogP contribution in [0.15, 0.2) is 0 Å². The molecule has 0 unspecified atom stereocenters. The molecule has 124 valence electrons. The number of amides is 2. The molecule has 2 amide bonds. The highest BCUT2D eigenvalue weighted by Gasteiger charge is 2.34. The van der Waals surface area contributed by atoms with Gasteiger partial charge in [0.2, 0.25) is 5.13 Å². The van der Waals surface area contributed by atoms with Crippen molar-refractivity contribution in [3.63, 3.8) is 0 Å². The summed E-state index contributed by atoms with van der Waals surface area (Å²) in [7, 11) is 0. The molecule has 0 aliphatic carbocycles. The Bertz CT molecular complexity index is 510. The maximum atomic E-state index is 12.3. The van der Waals surface area contributed by atoms with E-state index in [-0.39, 0.29) is 23.5 Å². The smallest absolute Gasteiger partial charge is 0.323 e. The van der Waals surface area contributed by atoms with Crippen molar-refractivity contribution in [1.82, 2.24) is 15.1 Å². The number of carbonyl (C=O) groups is 1. The molecule has 1 saturated heterocycles. The Hall–Kier alpha value is -1.21. The molecule has 0 bridgehead atoms. The van der Waals surface area contributed by atoms with Crippen molar-refractivity contribution in [2.45, 2.75) is 52.4 Å². The third-order valence-corrected chi connectivity index (χ3v) is 5.74. The molecule has 1 aliphatic rings. The predicted octanol–water partition coefficient (Wildman–Crippen LogP) is 2.85. The summed E-state index contributed by atoms with van der Waals surface area (Å²) in [6.07, 6.45) is 2.64. The number of carbonyl (C=O) groups excluding carboxylic acids is 1. The number of piperidine rings is 1. The monoisotopic (exact) mass is 326 g/mol. The molecule has 1 aromatic rings. The van der Waals surface area contributed by atoms with Crippen LogP contribution >= 0.6 is 11.3 Å². The molecule has 1 aromatic heterocycles. The predicted molar refractivity (Wildman–Crippen MR) is 88.2 cm³/mol. The highest BCUT2D eigenvalue weighted by atomic mass is 32.1. The molecule has 0 radical (unpaired) electrons. The van der Waals surface area contributed by atoms with E-state index in [2.05, 4.69) is 43.2 Å². The molecule has 0 atom stereocenters. The van der Waals surface area contributed by atoms with Crippen molar-refractivity contribution in [1.29, 1.82) is 0 Å². The molecular formula is C15H26N4O2S. The highest BCUT2D eigenvalue weighted by molar-refractivity contribution is 7.15. The van der Waals surface area contributed by atoms with Gasteiger partial charge in [0, 0.05) is 25.1 Å². The summed E-state index contributed by atoms with van der Waals surface area (Å²) in [6.45, 7) is 9.86. The SMILES string of the molecule is CCC1(CO)CCN(C(=O)Nc2nnc(C(C)(C)C)s2)CC1. The average molecular weight is 326 g/mol. The molecule has 1 aliphatic heterocycles. The van der Waals surface area contributed by atoms with Gasteiger partial charge in [-0.3, -0.25) is 5.32 Å². The van der Waals surface area contributed by atoms with Crippen LogP contribution in [-0.2, 0) is 5.41 Å². The first-order chi connectivity index (χ1) is 10.3. The fraction of sp³-hybridized carbons (Fsp3) is 0.800. The zero-order valence-electron chi connectivity index (χ0n) is 13.8. The van der Waals surface area contributed by atoms with Crippen LogP contribution < -0.4 is 5.32 Å². The summed E-state index contributed by atoms with van der Waals surface area (Å²) in [4.78, 5) is 14.1. The van der Waals surface area contributed by atoms with Crippen LogP contribution in [0.4, 0.5) is 9.93 Å². The van der Waals surface area contributed by atoms with E-state index < -0.39 is 0 Å². The van der Waals surface area contributed by atoms with Gasteiger partial charge < -0.3 is 10.0 Å². The Balaban J connectivity index is 1.92. The summed E-state index contributed by atoms with van der Waals surface area (Å²) in [5, 5.41) is 22.0. The van der Waals surface area contributed by atoms with Crippen LogP contribution in [0.25, 0.3) is 0 Å². The molecule has 1 fully saturated rings. The Labute approximate surface area is 135 Å². The van der Waals surface area contributed by atoms with Gasteiger partial charge in [-0.05, 0) is 24.7 Å². The Kier molecular flexibility index (Phi) is 5.07. The lowest BCUT2D eigenvalue weighted by Gasteiger charge is -2.39. The fourth-order valence-corrected chi connectivity index (χ4v) is 3.35. The second kappa shape index (κ2) is 6.50. The molecule has 2 heterocycles. The number of aromatic nitrogens is 2. The first-order valence-electron chi connectivity index (χ1n) is 7.80. The number of hydrogen-bond donors (Lipinski definition) is 2. The van der Waals surface area contributed by atoms with Gasteiger partial charge in [-0.1, -0.05) is 39.0 Å². The fourth-order valence-electron chi connectivity index (χ4n) is 2.55. The molecule has 0 spiro atoms. The first-order valence-corrected chi connectivity index (χ1v) is 8.62. The number of nitrogens with zero attached hydrogens (tertiary/aromatic N) is 3. The van der Waals surface area contributed by atoms with Crippen molar-refractivity contribution >= 4 is 22.5 Å².